The first kappa shape index (κ1) is 38.7. The molecule has 2 saturated heterocycles. The number of hydrogen-bond donors (Lipinski definition) is 3. The second kappa shape index (κ2) is 15.2. The van der Waals surface area contributed by atoms with Gasteiger partial charge >= 0.3 is 0 Å². The second-order valence-corrected chi connectivity index (χ2v) is 21.7. The largest absolute Gasteiger partial charge is 0.393 e. The van der Waals surface area contributed by atoms with E-state index in [0.717, 1.165) is 70.3 Å². The lowest BCUT2D eigenvalue weighted by Gasteiger charge is -2.60. The first-order chi connectivity index (χ1) is 27.6. The normalized spacial score (nSPS) is 43.8. The molecule has 0 aromatic heterocycles. The Morgan fingerprint density at radius 1 is 0.649 bits per heavy atom. The summed E-state index contributed by atoms with van der Waals surface area (Å²) in [5.74, 6) is 5.00. The average molecular weight is 770 g/mol. The van der Waals surface area contributed by atoms with Crippen LogP contribution in [0.25, 0.3) is 0 Å². The van der Waals surface area contributed by atoms with Crippen LogP contribution in [0, 0.1) is 64.1 Å². The second-order valence-electron chi connectivity index (χ2n) is 21.7. The Morgan fingerprint density at radius 3 is 2.21 bits per heavy atom. The molecule has 3 N–H and O–H groups in total. The maximum atomic E-state index is 12.5. The van der Waals surface area contributed by atoms with E-state index in [1.165, 1.54) is 73.7 Å². The molecule has 57 heavy (non-hydrogen) atoms. The van der Waals surface area contributed by atoms with E-state index in [4.69, 9.17) is 0 Å². The molecule has 10 rings (SSSR count). The van der Waals surface area contributed by atoms with E-state index in [0.29, 0.717) is 47.5 Å². The third kappa shape index (κ3) is 6.99. The maximum Gasteiger partial charge on any atom is 0.0805 e. The third-order valence-corrected chi connectivity index (χ3v) is 18.7. The molecule has 15 atom stereocenters. The Bertz CT molecular complexity index is 1840. The molecule has 0 amide bonds. The number of piperidine rings is 2. The van der Waals surface area contributed by atoms with Gasteiger partial charge in [-0.25, -0.2) is 0 Å². The van der Waals surface area contributed by atoms with Crippen molar-refractivity contribution in [3.8, 4) is 0 Å². The molecular weight excluding hydrogens is 699 g/mol. The molecule has 0 bridgehead atoms. The lowest BCUT2D eigenvalue weighted by Crippen LogP contribution is -2.67. The van der Waals surface area contributed by atoms with E-state index in [9.17, 15) is 15.3 Å². The lowest BCUT2D eigenvalue weighted by atomic mass is 9.46. The van der Waals surface area contributed by atoms with Crippen LogP contribution in [-0.2, 0) is 19.3 Å². The average Bonchev–Trinajstić information content (AvgIpc) is 3.79. The Kier molecular flexibility index (Phi) is 10.3. The van der Waals surface area contributed by atoms with Gasteiger partial charge in [0.1, 0.15) is 0 Å². The molecule has 4 heteroatoms. The van der Waals surface area contributed by atoms with E-state index in [1.54, 1.807) is 0 Å². The van der Waals surface area contributed by atoms with Gasteiger partial charge in [0.2, 0.25) is 0 Å². The minimum absolute atomic E-state index is 0.0273. The number of aliphatic hydroxyl groups excluding tert-OH is 2. The Morgan fingerprint density at radius 2 is 1.40 bits per heavy atom. The molecule has 7 aliphatic rings. The number of rotatable bonds is 8. The van der Waals surface area contributed by atoms with Crippen molar-refractivity contribution in [2.45, 2.75) is 140 Å². The van der Waals surface area contributed by atoms with Gasteiger partial charge in [-0.05, 0) is 196 Å². The summed E-state index contributed by atoms with van der Waals surface area (Å²) in [5, 5.41) is 36.6. The van der Waals surface area contributed by atoms with Gasteiger partial charge in [-0.2, -0.15) is 0 Å². The molecule has 0 radical (unpaired) electrons. The fraction of sp³-hybridized carbons (Fsp3) is 0.660. The smallest absolute Gasteiger partial charge is 0.0805 e. The van der Waals surface area contributed by atoms with Gasteiger partial charge in [-0.1, -0.05) is 91.9 Å². The molecule has 0 unspecified atom stereocenters. The zero-order chi connectivity index (χ0) is 38.9. The van der Waals surface area contributed by atoms with Crippen LogP contribution in [0.15, 0.2) is 84.9 Å². The molecule has 2 heterocycles. The summed E-state index contributed by atoms with van der Waals surface area (Å²) in [7, 11) is 0. The highest BCUT2D eigenvalue weighted by Crippen LogP contribution is 2.70. The summed E-state index contributed by atoms with van der Waals surface area (Å²) in [5.41, 5.74) is 5.07. The van der Waals surface area contributed by atoms with Gasteiger partial charge in [0.05, 0.1) is 17.8 Å². The van der Waals surface area contributed by atoms with Gasteiger partial charge in [0, 0.05) is 19.1 Å². The van der Waals surface area contributed by atoms with Crippen LogP contribution in [0.3, 0.4) is 0 Å². The van der Waals surface area contributed by atoms with Gasteiger partial charge in [0.15, 0.2) is 0 Å². The number of aliphatic hydroxyl groups is 3. The molecule has 3 aromatic rings. The predicted molar refractivity (Wildman–Crippen MR) is 230 cm³/mol. The Balaban J connectivity index is 0.835. The van der Waals surface area contributed by atoms with Crippen LogP contribution in [0.5, 0.6) is 0 Å². The van der Waals surface area contributed by atoms with E-state index in [2.05, 4.69) is 104 Å². The fourth-order valence-electron chi connectivity index (χ4n) is 16.3. The molecule has 5 saturated carbocycles. The zero-order valence-corrected chi connectivity index (χ0v) is 35.0. The summed E-state index contributed by atoms with van der Waals surface area (Å²) in [6, 6.07) is 31.4. The van der Waals surface area contributed by atoms with Crippen LogP contribution in [0.4, 0.5) is 0 Å². The number of hydrogen-bond acceptors (Lipinski definition) is 4. The van der Waals surface area contributed by atoms with E-state index in [-0.39, 0.29) is 29.0 Å². The molecule has 7 fully saturated rings. The van der Waals surface area contributed by atoms with Gasteiger partial charge in [-0.15, -0.1) is 0 Å². The van der Waals surface area contributed by atoms with Gasteiger partial charge in [-0.3, -0.25) is 4.90 Å². The highest BCUT2D eigenvalue weighted by molar-refractivity contribution is 5.30. The van der Waals surface area contributed by atoms with Gasteiger partial charge < -0.3 is 15.3 Å². The maximum absolute atomic E-state index is 12.5. The third-order valence-electron chi connectivity index (χ3n) is 18.7. The molecular formula is C53H71NO3. The monoisotopic (exact) mass is 770 g/mol. The fourth-order valence-corrected chi connectivity index (χ4v) is 16.3. The van der Waals surface area contributed by atoms with Crippen molar-refractivity contribution in [1.82, 2.24) is 4.90 Å². The summed E-state index contributed by atoms with van der Waals surface area (Å²) >= 11 is 0. The van der Waals surface area contributed by atoms with E-state index < -0.39 is 5.60 Å². The molecule has 4 nitrogen and oxygen atoms in total. The van der Waals surface area contributed by atoms with Crippen molar-refractivity contribution < 1.29 is 15.3 Å². The van der Waals surface area contributed by atoms with Crippen molar-refractivity contribution in [3.05, 3.63) is 107 Å². The number of nitrogens with zero attached hydrogens (tertiary/aromatic N) is 1. The van der Waals surface area contributed by atoms with Crippen molar-refractivity contribution in [2.24, 2.45) is 64.1 Å². The van der Waals surface area contributed by atoms with Crippen molar-refractivity contribution in [2.75, 3.05) is 13.1 Å². The van der Waals surface area contributed by atoms with Gasteiger partial charge in [0.25, 0.3) is 0 Å². The Hall–Kier alpha value is -2.50. The quantitative estimate of drug-likeness (QED) is 0.214. The van der Waals surface area contributed by atoms with E-state index >= 15 is 0 Å². The standard InChI is InChI=1S/C53H71NO3/c1-51-34-53(24-23-40(31-53)27-39-18-10-17-38(26-39)25-36-13-7-4-8-14-36)50(56)30-47(51)48(55)29-43-41-20-21-45-44(42(41)28-46(43)51)33-54-32-37(19-22-49(54)52(45,2)57)16-9-15-35-11-5-3-6-12-35/h3-8,10-14,17-18,26,37,40-50,55-57H,9,15-16,19-25,27-34H2,1-2H3/t37-,40+,41+,42+,43+,44-,45+,46-,47+,48-,49-,50+,51+,52-,53+/m0/s1. The molecule has 3 aromatic carbocycles. The van der Waals surface area contributed by atoms with Crippen LogP contribution >= 0.6 is 0 Å². The molecule has 2 aliphatic heterocycles. The van der Waals surface area contributed by atoms with E-state index in [1.807, 2.05) is 0 Å². The minimum Gasteiger partial charge on any atom is -0.393 e. The SMILES string of the molecule is C[C@]1(O)[C@@H]2CC[C@@H]3[C@@H](C[C@H]4[C@@H]3C[C@H](O)[C@H]3C[C@@H](O)[C@@]5(CC[C@H](Cc6cccc(Cc7ccccc7)c6)C5)C[C@@]34C)[C@@H]2CN2C[C@@H](CCCc3ccccc3)CC[C@H]21. The van der Waals surface area contributed by atoms with Crippen LogP contribution in [-0.4, -0.2) is 57.2 Å². The molecule has 1 spiro atoms. The van der Waals surface area contributed by atoms with Crippen LogP contribution in [0.2, 0.25) is 0 Å². The summed E-state index contributed by atoms with van der Waals surface area (Å²) in [6.07, 6.45) is 17.5. The number of aryl methyl sites for hydroxylation is 1. The number of benzene rings is 3. The van der Waals surface area contributed by atoms with Crippen molar-refractivity contribution in [3.63, 3.8) is 0 Å². The highest BCUT2D eigenvalue weighted by atomic mass is 16.3. The minimum atomic E-state index is -0.623. The van der Waals surface area contributed by atoms with Crippen molar-refractivity contribution >= 4 is 0 Å². The van der Waals surface area contributed by atoms with Crippen LogP contribution in [0.1, 0.15) is 120 Å². The first-order valence-corrected chi connectivity index (χ1v) is 23.6. The molecule has 306 valence electrons. The zero-order valence-electron chi connectivity index (χ0n) is 35.0. The first-order valence-electron chi connectivity index (χ1n) is 23.6. The van der Waals surface area contributed by atoms with Crippen molar-refractivity contribution in [1.29, 1.82) is 0 Å². The summed E-state index contributed by atoms with van der Waals surface area (Å²) in [4.78, 5) is 2.78. The summed E-state index contributed by atoms with van der Waals surface area (Å²) < 4.78 is 0. The summed E-state index contributed by atoms with van der Waals surface area (Å²) in [6.45, 7) is 7.13. The van der Waals surface area contributed by atoms with Crippen LogP contribution < -0.4 is 0 Å². The number of fused-ring (bicyclic) bond motifs is 8. The Labute approximate surface area is 343 Å². The predicted octanol–water partition coefficient (Wildman–Crippen LogP) is 9.91. The lowest BCUT2D eigenvalue weighted by molar-refractivity contribution is -0.180. The highest BCUT2D eigenvalue weighted by Gasteiger charge is 2.67. The molecule has 5 aliphatic carbocycles. The topological polar surface area (TPSA) is 63.9 Å².